The summed E-state index contributed by atoms with van der Waals surface area (Å²) in [6, 6.07) is 6.47. The van der Waals surface area contributed by atoms with E-state index in [1.54, 1.807) is 22.9 Å². The number of anilines is 1. The maximum Gasteiger partial charge on any atom is 0.307 e. The lowest BCUT2D eigenvalue weighted by molar-refractivity contribution is -0.136. The van der Waals surface area contributed by atoms with E-state index in [0.29, 0.717) is 24.5 Å². The fourth-order valence-corrected chi connectivity index (χ4v) is 3.73. The number of carboxylic acids is 1. The number of aromatic nitrogens is 2. The summed E-state index contributed by atoms with van der Waals surface area (Å²) < 4.78 is 34.5. The number of nitrogens with zero attached hydrogens (tertiary/aromatic N) is 2. The zero-order valence-electron chi connectivity index (χ0n) is 13.5. The van der Waals surface area contributed by atoms with Crippen molar-refractivity contribution in [3.8, 4) is 0 Å². The summed E-state index contributed by atoms with van der Waals surface area (Å²) >= 11 is 0. The van der Waals surface area contributed by atoms with E-state index < -0.39 is 16.0 Å². The number of ether oxygens (including phenoxy) is 1. The summed E-state index contributed by atoms with van der Waals surface area (Å²) in [5.41, 5.74) is 0.836. The predicted molar refractivity (Wildman–Crippen MR) is 89.9 cm³/mol. The molecule has 1 saturated heterocycles. The molecule has 1 aromatic carbocycles. The van der Waals surface area contributed by atoms with Crippen molar-refractivity contribution in [2.45, 2.75) is 30.2 Å². The largest absolute Gasteiger partial charge is 0.481 e. The Labute approximate surface area is 145 Å². The minimum absolute atomic E-state index is 0.0719. The van der Waals surface area contributed by atoms with Crippen LogP contribution in [0.15, 0.2) is 41.6 Å². The fourth-order valence-electron chi connectivity index (χ4n) is 2.74. The van der Waals surface area contributed by atoms with E-state index in [0.717, 1.165) is 12.8 Å². The Bertz CT molecular complexity index is 856. The Balaban J connectivity index is 1.76. The molecule has 1 aromatic heterocycles. The lowest BCUT2D eigenvalue weighted by Gasteiger charge is -2.22. The van der Waals surface area contributed by atoms with Gasteiger partial charge in [-0.2, -0.15) is 5.10 Å². The number of hydrogen-bond donors (Lipinski definition) is 2. The van der Waals surface area contributed by atoms with Crippen molar-refractivity contribution in [2.75, 3.05) is 17.9 Å². The van der Waals surface area contributed by atoms with Gasteiger partial charge in [0, 0.05) is 25.1 Å². The zero-order chi connectivity index (χ0) is 17.9. The number of carbonyl (C=O) groups is 1. The van der Waals surface area contributed by atoms with Crippen LogP contribution in [0.5, 0.6) is 0 Å². The van der Waals surface area contributed by atoms with Gasteiger partial charge in [-0.25, -0.2) is 8.42 Å². The molecule has 134 valence electrons. The van der Waals surface area contributed by atoms with Crippen LogP contribution in [-0.2, 0) is 26.0 Å². The minimum Gasteiger partial charge on any atom is -0.481 e. The number of benzene rings is 1. The van der Waals surface area contributed by atoms with Crippen LogP contribution in [0.2, 0.25) is 0 Å². The van der Waals surface area contributed by atoms with Crippen molar-refractivity contribution in [1.29, 1.82) is 0 Å². The molecule has 25 heavy (non-hydrogen) atoms. The van der Waals surface area contributed by atoms with Crippen molar-refractivity contribution >= 4 is 21.7 Å². The molecule has 8 nitrogen and oxygen atoms in total. The Morgan fingerprint density at radius 1 is 1.36 bits per heavy atom. The summed E-state index contributed by atoms with van der Waals surface area (Å²) in [4.78, 5) is 10.9. The van der Waals surface area contributed by atoms with Gasteiger partial charge < -0.3 is 9.84 Å². The third-order valence-corrected chi connectivity index (χ3v) is 5.32. The van der Waals surface area contributed by atoms with Gasteiger partial charge in [-0.15, -0.1) is 0 Å². The van der Waals surface area contributed by atoms with Crippen molar-refractivity contribution in [2.24, 2.45) is 0 Å². The average Bonchev–Trinajstić information content (AvgIpc) is 3.06. The molecule has 0 radical (unpaired) electrons. The number of hydrogen-bond acceptors (Lipinski definition) is 5. The number of carboxylic acid groups (broad SMARTS) is 1. The first-order valence-corrected chi connectivity index (χ1v) is 9.38. The van der Waals surface area contributed by atoms with Gasteiger partial charge in [-0.3, -0.25) is 14.2 Å². The second-order valence-electron chi connectivity index (χ2n) is 5.88. The molecule has 2 aromatic rings. The van der Waals surface area contributed by atoms with Crippen molar-refractivity contribution < 1.29 is 23.1 Å². The number of aliphatic carboxylic acids is 1. The quantitative estimate of drug-likeness (QED) is 0.805. The molecule has 0 bridgehead atoms. The molecule has 0 atom stereocenters. The van der Waals surface area contributed by atoms with Crippen LogP contribution in [-0.4, -0.2) is 42.5 Å². The number of nitrogens with one attached hydrogen (secondary N) is 1. The van der Waals surface area contributed by atoms with Gasteiger partial charge in [0.25, 0.3) is 10.0 Å². The van der Waals surface area contributed by atoms with Crippen molar-refractivity contribution in [1.82, 2.24) is 9.78 Å². The van der Waals surface area contributed by atoms with Crippen LogP contribution in [0, 0.1) is 0 Å². The van der Waals surface area contributed by atoms with Gasteiger partial charge in [-0.05, 0) is 30.5 Å². The Hall–Kier alpha value is -2.39. The second kappa shape index (κ2) is 7.24. The average molecular weight is 365 g/mol. The summed E-state index contributed by atoms with van der Waals surface area (Å²) in [5.74, 6) is -0.974. The summed E-state index contributed by atoms with van der Waals surface area (Å²) in [7, 11) is -3.79. The van der Waals surface area contributed by atoms with E-state index in [1.807, 2.05) is 0 Å². The standard InChI is InChI=1S/C16H19N3O5S/c20-16(21)9-12-2-1-3-13(8-12)18-25(22,23)15-10-17-19(11-15)14-4-6-24-7-5-14/h1-3,8,10-11,14,18H,4-7,9H2,(H,20,21). The summed E-state index contributed by atoms with van der Waals surface area (Å²) in [5, 5.41) is 13.0. The van der Waals surface area contributed by atoms with Gasteiger partial charge in [0.05, 0.1) is 18.7 Å². The highest BCUT2D eigenvalue weighted by Gasteiger charge is 2.21. The van der Waals surface area contributed by atoms with E-state index >= 15 is 0 Å². The zero-order valence-corrected chi connectivity index (χ0v) is 14.3. The van der Waals surface area contributed by atoms with Crippen molar-refractivity contribution in [3.63, 3.8) is 0 Å². The first kappa shape index (κ1) is 17.4. The number of rotatable bonds is 6. The van der Waals surface area contributed by atoms with Crippen LogP contribution in [0.4, 0.5) is 5.69 Å². The maximum atomic E-state index is 12.5. The molecule has 0 amide bonds. The van der Waals surface area contributed by atoms with E-state index in [2.05, 4.69) is 9.82 Å². The molecule has 0 spiro atoms. The Morgan fingerprint density at radius 3 is 2.84 bits per heavy atom. The molecule has 2 N–H and O–H groups in total. The van der Waals surface area contributed by atoms with E-state index in [-0.39, 0.29) is 17.4 Å². The van der Waals surface area contributed by atoms with Gasteiger partial charge in [0.2, 0.25) is 0 Å². The normalized spacial score (nSPS) is 15.8. The monoisotopic (exact) mass is 365 g/mol. The predicted octanol–water partition coefficient (Wildman–Crippen LogP) is 1.66. The fraction of sp³-hybridized carbons (Fsp3) is 0.375. The molecule has 0 aliphatic carbocycles. The molecule has 1 aliphatic heterocycles. The smallest absolute Gasteiger partial charge is 0.307 e. The van der Waals surface area contributed by atoms with Crippen LogP contribution >= 0.6 is 0 Å². The molecule has 1 aliphatic rings. The summed E-state index contributed by atoms with van der Waals surface area (Å²) in [6.07, 6.45) is 4.26. The highest BCUT2D eigenvalue weighted by Crippen LogP contribution is 2.23. The van der Waals surface area contributed by atoms with E-state index in [1.165, 1.54) is 18.5 Å². The molecular weight excluding hydrogens is 346 g/mol. The van der Waals surface area contributed by atoms with Crippen LogP contribution < -0.4 is 4.72 Å². The lowest BCUT2D eigenvalue weighted by Crippen LogP contribution is -2.20. The van der Waals surface area contributed by atoms with Gasteiger partial charge in [-0.1, -0.05) is 12.1 Å². The summed E-state index contributed by atoms with van der Waals surface area (Å²) in [6.45, 7) is 1.28. The molecule has 2 heterocycles. The SMILES string of the molecule is O=C(O)Cc1cccc(NS(=O)(=O)c2cnn(C3CCOCC3)c2)c1. The molecule has 0 saturated carbocycles. The van der Waals surface area contributed by atoms with Gasteiger partial charge in [0.1, 0.15) is 4.90 Å². The third-order valence-electron chi connectivity index (χ3n) is 3.99. The molecule has 9 heteroatoms. The highest BCUT2D eigenvalue weighted by molar-refractivity contribution is 7.92. The van der Waals surface area contributed by atoms with Crippen molar-refractivity contribution in [3.05, 3.63) is 42.2 Å². The maximum absolute atomic E-state index is 12.5. The molecule has 0 unspecified atom stereocenters. The molecular formula is C16H19N3O5S. The van der Waals surface area contributed by atoms with Crippen LogP contribution in [0.25, 0.3) is 0 Å². The highest BCUT2D eigenvalue weighted by atomic mass is 32.2. The lowest BCUT2D eigenvalue weighted by atomic mass is 10.1. The van der Waals surface area contributed by atoms with E-state index in [9.17, 15) is 13.2 Å². The first-order chi connectivity index (χ1) is 11.9. The minimum atomic E-state index is -3.79. The Kier molecular flexibility index (Phi) is 5.05. The molecule has 1 fully saturated rings. The number of sulfonamides is 1. The molecule has 3 rings (SSSR count). The van der Waals surface area contributed by atoms with Gasteiger partial charge >= 0.3 is 5.97 Å². The second-order valence-corrected chi connectivity index (χ2v) is 7.56. The topological polar surface area (TPSA) is 111 Å². The Morgan fingerprint density at radius 2 is 2.12 bits per heavy atom. The van der Waals surface area contributed by atoms with Crippen LogP contribution in [0.3, 0.4) is 0 Å². The van der Waals surface area contributed by atoms with Gasteiger partial charge in [0.15, 0.2) is 0 Å². The van der Waals surface area contributed by atoms with E-state index in [4.69, 9.17) is 9.84 Å². The van der Waals surface area contributed by atoms with Crippen LogP contribution in [0.1, 0.15) is 24.4 Å². The first-order valence-electron chi connectivity index (χ1n) is 7.89. The third kappa shape index (κ3) is 4.37.